The Kier molecular flexibility index (Phi) is 3.53. The molecule has 0 saturated heterocycles. The molecule has 0 saturated carbocycles. The highest BCUT2D eigenvalue weighted by molar-refractivity contribution is 6.03. The van der Waals surface area contributed by atoms with Crippen molar-refractivity contribution >= 4 is 22.6 Å². The van der Waals surface area contributed by atoms with Gasteiger partial charge in [0.25, 0.3) is 5.52 Å². The number of nitrogens with zero attached hydrogens (tertiary/aromatic N) is 2. The second-order valence-corrected chi connectivity index (χ2v) is 4.98. The average Bonchev–Trinajstić information content (AvgIpc) is 2.54. The molecule has 2 aromatic carbocycles. The van der Waals surface area contributed by atoms with Crippen LogP contribution in [0.15, 0.2) is 48.5 Å². The van der Waals surface area contributed by atoms with Crippen LogP contribution in [0.4, 0.5) is 10.1 Å². The number of nitrogens with one attached hydrogen (secondary N) is 1. The number of carbonyl (C=O) groups is 1. The maximum atomic E-state index is 13.4. The molecule has 1 amide bonds. The van der Waals surface area contributed by atoms with E-state index in [-0.39, 0.29) is 26.8 Å². The summed E-state index contributed by atoms with van der Waals surface area (Å²) in [4.78, 5) is 24.8. The number of carbonyl (C=O) groups excluding carboxylic acids is 1. The summed E-state index contributed by atoms with van der Waals surface area (Å²) < 4.78 is 14.1. The maximum Gasteiger partial charge on any atom is 0.346 e. The van der Waals surface area contributed by atoms with Crippen molar-refractivity contribution in [2.24, 2.45) is 0 Å². The van der Waals surface area contributed by atoms with Crippen molar-refractivity contribution in [1.29, 1.82) is 0 Å². The molecular weight excluding hydrogens is 301 g/mol. The van der Waals surface area contributed by atoms with E-state index >= 15 is 0 Å². The summed E-state index contributed by atoms with van der Waals surface area (Å²) in [5.41, 5.74) is -0.165. The van der Waals surface area contributed by atoms with Crippen LogP contribution in [0.3, 0.4) is 0 Å². The Labute approximate surface area is 130 Å². The molecule has 1 heterocycles. The minimum absolute atomic E-state index is 0.00448. The van der Waals surface area contributed by atoms with Crippen molar-refractivity contribution in [3.8, 4) is 0 Å². The van der Waals surface area contributed by atoms with Gasteiger partial charge in [-0.1, -0.05) is 18.2 Å². The van der Waals surface area contributed by atoms with Crippen LogP contribution in [0, 0.1) is 22.9 Å². The Balaban J connectivity index is 2.17. The van der Waals surface area contributed by atoms with Gasteiger partial charge in [-0.05, 0) is 31.2 Å². The standard InChI is InChI=1S/C16H12FN3O3/c1-10-15(16(21)18-12-5-3-2-4-6-12)20(23)14-9-11(17)7-8-13(14)19(10)22/h2-9H,1H3,(H,18,21). The Morgan fingerprint density at radius 2 is 1.91 bits per heavy atom. The number of anilines is 1. The molecule has 0 radical (unpaired) electrons. The molecule has 3 rings (SSSR count). The Morgan fingerprint density at radius 1 is 1.22 bits per heavy atom. The number of fused-ring (bicyclic) bond motifs is 1. The number of hydrogen-bond donors (Lipinski definition) is 1. The lowest BCUT2D eigenvalue weighted by Gasteiger charge is -2.16. The van der Waals surface area contributed by atoms with Crippen LogP contribution in [-0.2, 0) is 0 Å². The number of para-hydroxylation sites is 1. The van der Waals surface area contributed by atoms with E-state index in [0.29, 0.717) is 10.4 Å². The molecule has 1 N–H and O–H groups in total. The Bertz CT molecular complexity index is 968. The fourth-order valence-corrected chi connectivity index (χ4v) is 2.34. The second-order valence-electron chi connectivity index (χ2n) is 4.98. The van der Waals surface area contributed by atoms with Gasteiger partial charge in [0.1, 0.15) is 11.3 Å². The van der Waals surface area contributed by atoms with Gasteiger partial charge in [-0.2, -0.15) is 0 Å². The van der Waals surface area contributed by atoms with Gasteiger partial charge < -0.3 is 15.3 Å². The van der Waals surface area contributed by atoms with E-state index in [1.165, 1.54) is 13.0 Å². The minimum Gasteiger partial charge on any atom is -0.805 e. The summed E-state index contributed by atoms with van der Waals surface area (Å²) in [7, 11) is 0. The number of rotatable bonds is 2. The van der Waals surface area contributed by atoms with E-state index in [9.17, 15) is 19.3 Å². The van der Waals surface area contributed by atoms with Crippen LogP contribution in [0.5, 0.6) is 0 Å². The average molecular weight is 313 g/mol. The van der Waals surface area contributed by atoms with Crippen LogP contribution in [0.25, 0.3) is 11.0 Å². The van der Waals surface area contributed by atoms with Gasteiger partial charge >= 0.3 is 11.6 Å². The molecule has 0 spiro atoms. The molecule has 116 valence electrons. The lowest BCUT2D eigenvalue weighted by atomic mass is 10.2. The summed E-state index contributed by atoms with van der Waals surface area (Å²) in [6, 6.07) is 11.7. The molecule has 0 fully saturated rings. The zero-order valence-electron chi connectivity index (χ0n) is 12.1. The van der Waals surface area contributed by atoms with Crippen molar-refractivity contribution in [3.63, 3.8) is 0 Å². The van der Waals surface area contributed by atoms with Crippen molar-refractivity contribution in [2.45, 2.75) is 6.92 Å². The summed E-state index contributed by atoms with van der Waals surface area (Å²) in [5.74, 6) is -1.40. The highest BCUT2D eigenvalue weighted by Crippen LogP contribution is 2.16. The molecule has 0 aliphatic rings. The lowest BCUT2D eigenvalue weighted by molar-refractivity contribution is -0.468. The smallest absolute Gasteiger partial charge is 0.346 e. The zero-order chi connectivity index (χ0) is 16.6. The Morgan fingerprint density at radius 3 is 2.61 bits per heavy atom. The molecule has 7 heteroatoms. The molecular formula is C16H12FN3O3. The first-order valence-corrected chi connectivity index (χ1v) is 6.80. The van der Waals surface area contributed by atoms with E-state index in [0.717, 1.165) is 12.1 Å². The van der Waals surface area contributed by atoms with Crippen LogP contribution in [-0.4, -0.2) is 10.6 Å². The van der Waals surface area contributed by atoms with Crippen LogP contribution in [0.1, 0.15) is 16.2 Å². The number of halogens is 1. The highest BCUT2D eigenvalue weighted by atomic mass is 19.1. The van der Waals surface area contributed by atoms with Gasteiger partial charge in [0, 0.05) is 10.6 Å². The normalized spacial score (nSPS) is 10.7. The third-order valence-electron chi connectivity index (χ3n) is 3.47. The molecule has 0 atom stereocenters. The second kappa shape index (κ2) is 5.53. The van der Waals surface area contributed by atoms with Crippen molar-refractivity contribution in [3.05, 3.63) is 75.9 Å². The number of aromatic nitrogens is 2. The van der Waals surface area contributed by atoms with Crippen molar-refractivity contribution in [2.75, 3.05) is 5.32 Å². The molecule has 0 bridgehead atoms. The topological polar surface area (TPSA) is 80.1 Å². The first kappa shape index (κ1) is 14.7. The van der Waals surface area contributed by atoms with Gasteiger partial charge in [0.05, 0.1) is 16.2 Å². The van der Waals surface area contributed by atoms with Gasteiger partial charge in [-0.15, -0.1) is 0 Å². The van der Waals surface area contributed by atoms with E-state index < -0.39 is 11.7 Å². The predicted octanol–water partition coefficient (Wildman–Crippen LogP) is 2.60. The summed E-state index contributed by atoms with van der Waals surface area (Å²) in [6.45, 7) is 1.37. The van der Waals surface area contributed by atoms with Crippen LogP contribution >= 0.6 is 0 Å². The molecule has 0 unspecified atom stereocenters. The van der Waals surface area contributed by atoms with Crippen LogP contribution < -0.4 is 9.74 Å². The quantitative estimate of drug-likeness (QED) is 0.738. The van der Waals surface area contributed by atoms with E-state index in [1.54, 1.807) is 30.3 Å². The predicted molar refractivity (Wildman–Crippen MR) is 83.2 cm³/mol. The minimum atomic E-state index is -0.737. The van der Waals surface area contributed by atoms with Gasteiger partial charge in [-0.25, -0.2) is 4.39 Å². The monoisotopic (exact) mass is 313 g/mol. The summed E-state index contributed by atoms with van der Waals surface area (Å²) in [6.07, 6.45) is 0. The zero-order valence-corrected chi connectivity index (χ0v) is 12.1. The van der Waals surface area contributed by atoms with Gasteiger partial charge in [-0.3, -0.25) is 4.79 Å². The summed E-state index contributed by atoms with van der Waals surface area (Å²) in [5, 5.41) is 14.8. The van der Waals surface area contributed by atoms with E-state index in [4.69, 9.17) is 0 Å². The fraction of sp³-hybridized carbons (Fsp3) is 0.0625. The largest absolute Gasteiger partial charge is 0.805 e. The lowest BCUT2D eigenvalue weighted by Crippen LogP contribution is -2.33. The first-order valence-electron chi connectivity index (χ1n) is 6.80. The fourth-order valence-electron chi connectivity index (χ4n) is 2.34. The maximum absolute atomic E-state index is 13.4. The Hall–Kier alpha value is -3.22. The van der Waals surface area contributed by atoms with Gasteiger partial charge in [0.15, 0.2) is 0 Å². The molecule has 3 aromatic rings. The molecule has 6 nitrogen and oxygen atoms in total. The number of hydrogen-bond acceptors (Lipinski definition) is 3. The van der Waals surface area contributed by atoms with Crippen molar-refractivity contribution in [1.82, 2.24) is 4.73 Å². The van der Waals surface area contributed by atoms with E-state index in [1.807, 2.05) is 0 Å². The van der Waals surface area contributed by atoms with E-state index in [2.05, 4.69) is 5.32 Å². The number of benzene rings is 2. The first-order chi connectivity index (χ1) is 11.0. The molecule has 23 heavy (non-hydrogen) atoms. The van der Waals surface area contributed by atoms with Crippen molar-refractivity contribution < 1.29 is 13.6 Å². The van der Waals surface area contributed by atoms with Crippen LogP contribution in [0.2, 0.25) is 0 Å². The molecule has 1 aromatic heterocycles. The highest BCUT2D eigenvalue weighted by Gasteiger charge is 2.27. The van der Waals surface area contributed by atoms with Gasteiger partial charge in [0.2, 0.25) is 0 Å². The molecule has 0 aliphatic heterocycles. The summed E-state index contributed by atoms with van der Waals surface area (Å²) >= 11 is 0. The third kappa shape index (κ3) is 2.52. The SMILES string of the molecule is Cc1c(C(=O)Nc2ccccc2)[n+](=O)c2cc(F)ccc2n1[O-]. The third-order valence-corrected chi connectivity index (χ3v) is 3.47. The number of amides is 1. The molecule has 0 aliphatic carbocycles.